The molecular formula is C14H10FNO2. The van der Waals surface area contributed by atoms with E-state index in [0.29, 0.717) is 16.9 Å². The van der Waals surface area contributed by atoms with Crippen LogP contribution in [0.3, 0.4) is 0 Å². The number of aromatic nitrogens is 1. The van der Waals surface area contributed by atoms with E-state index in [1.807, 2.05) is 6.07 Å². The van der Waals surface area contributed by atoms with Crippen LogP contribution < -0.4 is 4.74 Å². The Kier molecular flexibility index (Phi) is 2.48. The van der Waals surface area contributed by atoms with Crippen molar-refractivity contribution in [1.29, 1.82) is 0 Å². The number of fused-ring (bicyclic) bond motifs is 1. The molecule has 0 saturated carbocycles. The zero-order valence-electron chi connectivity index (χ0n) is 9.68. The molecule has 3 nitrogen and oxygen atoms in total. The van der Waals surface area contributed by atoms with Gasteiger partial charge in [0.15, 0.2) is 0 Å². The number of hydrogen-bond donors (Lipinski definition) is 0. The molecule has 0 N–H and O–H groups in total. The number of ether oxygens (including phenoxy) is 1. The van der Waals surface area contributed by atoms with Gasteiger partial charge in [-0.25, -0.2) is 4.98 Å². The third kappa shape index (κ3) is 1.72. The minimum absolute atomic E-state index is 0.354. The summed E-state index contributed by atoms with van der Waals surface area (Å²) in [5.41, 5.74) is 1.04. The summed E-state index contributed by atoms with van der Waals surface area (Å²) in [6.45, 7) is 0. The summed E-state index contributed by atoms with van der Waals surface area (Å²) < 4.78 is 24.3. The first kappa shape index (κ1) is 10.8. The Morgan fingerprint density at radius 3 is 2.89 bits per heavy atom. The van der Waals surface area contributed by atoms with E-state index in [9.17, 15) is 4.39 Å². The summed E-state index contributed by atoms with van der Waals surface area (Å²) in [4.78, 5) is 3.61. The smallest absolute Gasteiger partial charge is 0.223 e. The summed E-state index contributed by atoms with van der Waals surface area (Å²) in [6.07, 6.45) is 1.41. The molecular weight excluding hydrogens is 233 g/mol. The fraction of sp³-hybridized carbons (Fsp3) is 0.0714. The van der Waals surface area contributed by atoms with Gasteiger partial charge in [0.1, 0.15) is 17.1 Å². The Labute approximate surface area is 103 Å². The van der Waals surface area contributed by atoms with Crippen LogP contribution in [0.25, 0.3) is 22.3 Å². The molecule has 2 heterocycles. The van der Waals surface area contributed by atoms with Crippen molar-refractivity contribution in [3.05, 3.63) is 48.5 Å². The minimum Gasteiger partial charge on any atom is -0.497 e. The van der Waals surface area contributed by atoms with E-state index in [4.69, 9.17) is 9.15 Å². The van der Waals surface area contributed by atoms with Crippen LogP contribution in [0.5, 0.6) is 5.75 Å². The molecule has 0 atom stereocenters. The van der Waals surface area contributed by atoms with Crippen LogP contribution in [0.2, 0.25) is 0 Å². The van der Waals surface area contributed by atoms with Crippen LogP contribution in [0.4, 0.5) is 4.39 Å². The van der Waals surface area contributed by atoms with Crippen molar-refractivity contribution >= 4 is 11.0 Å². The van der Waals surface area contributed by atoms with Gasteiger partial charge in [-0.15, -0.1) is 0 Å². The second-order valence-corrected chi connectivity index (χ2v) is 3.86. The van der Waals surface area contributed by atoms with Gasteiger partial charge in [0.05, 0.1) is 12.7 Å². The van der Waals surface area contributed by atoms with Crippen molar-refractivity contribution < 1.29 is 13.5 Å². The Bertz CT molecular complexity index is 706. The van der Waals surface area contributed by atoms with Crippen LogP contribution in [0, 0.1) is 5.95 Å². The van der Waals surface area contributed by atoms with Crippen molar-refractivity contribution in [1.82, 2.24) is 4.98 Å². The third-order valence-electron chi connectivity index (χ3n) is 2.75. The summed E-state index contributed by atoms with van der Waals surface area (Å²) in [5, 5.41) is 0.868. The van der Waals surface area contributed by atoms with E-state index < -0.39 is 5.95 Å². The van der Waals surface area contributed by atoms with Crippen LogP contribution in [-0.2, 0) is 0 Å². The number of nitrogens with zero attached hydrogens (tertiary/aromatic N) is 1. The largest absolute Gasteiger partial charge is 0.497 e. The van der Waals surface area contributed by atoms with Gasteiger partial charge in [0, 0.05) is 11.6 Å². The normalized spacial score (nSPS) is 10.8. The van der Waals surface area contributed by atoms with Gasteiger partial charge in [0.2, 0.25) is 5.95 Å². The lowest BCUT2D eigenvalue weighted by molar-refractivity contribution is 0.415. The highest BCUT2D eigenvalue weighted by Gasteiger charge is 2.11. The lowest BCUT2D eigenvalue weighted by Gasteiger charge is -1.96. The average molecular weight is 243 g/mol. The first-order chi connectivity index (χ1) is 8.78. The maximum Gasteiger partial charge on any atom is 0.223 e. The molecule has 90 valence electrons. The van der Waals surface area contributed by atoms with Crippen molar-refractivity contribution in [2.24, 2.45) is 0 Å². The molecule has 0 aliphatic carbocycles. The van der Waals surface area contributed by atoms with E-state index in [1.54, 1.807) is 37.4 Å². The van der Waals surface area contributed by atoms with Gasteiger partial charge < -0.3 is 9.15 Å². The minimum atomic E-state index is -0.538. The zero-order chi connectivity index (χ0) is 12.5. The van der Waals surface area contributed by atoms with Gasteiger partial charge in [-0.2, -0.15) is 4.39 Å². The number of rotatable bonds is 2. The molecule has 18 heavy (non-hydrogen) atoms. The van der Waals surface area contributed by atoms with Crippen molar-refractivity contribution in [2.75, 3.05) is 7.11 Å². The Morgan fingerprint density at radius 2 is 2.11 bits per heavy atom. The summed E-state index contributed by atoms with van der Waals surface area (Å²) in [5.74, 6) is 0.661. The molecule has 0 fully saturated rings. The highest BCUT2D eigenvalue weighted by atomic mass is 19.1. The summed E-state index contributed by atoms with van der Waals surface area (Å²) >= 11 is 0. The molecule has 0 aliphatic heterocycles. The van der Waals surface area contributed by atoms with Gasteiger partial charge in [-0.1, -0.05) is 0 Å². The Balaban J connectivity index is 2.17. The molecule has 1 aromatic carbocycles. The standard InChI is InChI=1S/C14H10FNO2/c1-17-10-4-5-12-9(7-10)8-13(18-12)11-3-2-6-16-14(11)15/h2-8H,1H3. The highest BCUT2D eigenvalue weighted by Crippen LogP contribution is 2.30. The number of benzene rings is 1. The predicted molar refractivity (Wildman–Crippen MR) is 66.0 cm³/mol. The Hall–Kier alpha value is -2.36. The molecule has 0 bridgehead atoms. The molecule has 0 amide bonds. The first-order valence-electron chi connectivity index (χ1n) is 5.46. The number of hydrogen-bond acceptors (Lipinski definition) is 3. The predicted octanol–water partition coefficient (Wildman–Crippen LogP) is 3.64. The maximum atomic E-state index is 13.6. The molecule has 0 aliphatic rings. The summed E-state index contributed by atoms with van der Waals surface area (Å²) in [6, 6.07) is 10.5. The van der Waals surface area contributed by atoms with E-state index in [2.05, 4.69) is 4.98 Å². The maximum absolute atomic E-state index is 13.6. The van der Waals surface area contributed by atoms with Crippen molar-refractivity contribution in [3.63, 3.8) is 0 Å². The fourth-order valence-corrected chi connectivity index (χ4v) is 1.85. The molecule has 3 rings (SSSR count). The fourth-order valence-electron chi connectivity index (χ4n) is 1.85. The quantitative estimate of drug-likeness (QED) is 0.644. The van der Waals surface area contributed by atoms with Crippen LogP contribution in [0.1, 0.15) is 0 Å². The first-order valence-corrected chi connectivity index (χ1v) is 5.46. The molecule has 4 heteroatoms. The van der Waals surface area contributed by atoms with Crippen molar-refractivity contribution in [3.8, 4) is 17.1 Å². The molecule has 0 spiro atoms. The lowest BCUT2D eigenvalue weighted by Crippen LogP contribution is -1.85. The zero-order valence-corrected chi connectivity index (χ0v) is 9.68. The topological polar surface area (TPSA) is 35.3 Å². The molecule has 3 aromatic rings. The highest BCUT2D eigenvalue weighted by molar-refractivity contribution is 5.84. The molecule has 0 saturated heterocycles. The van der Waals surface area contributed by atoms with Crippen molar-refractivity contribution in [2.45, 2.75) is 0 Å². The third-order valence-corrected chi connectivity index (χ3v) is 2.75. The van der Waals surface area contributed by atoms with Gasteiger partial charge in [-0.05, 0) is 36.4 Å². The van der Waals surface area contributed by atoms with E-state index in [0.717, 1.165) is 11.1 Å². The van der Waals surface area contributed by atoms with Crippen LogP contribution in [0.15, 0.2) is 47.0 Å². The number of halogens is 1. The number of pyridine rings is 1. The number of furan rings is 1. The Morgan fingerprint density at radius 1 is 1.22 bits per heavy atom. The average Bonchev–Trinajstić information content (AvgIpc) is 2.81. The van der Waals surface area contributed by atoms with E-state index in [-0.39, 0.29) is 0 Å². The lowest BCUT2D eigenvalue weighted by atomic mass is 10.2. The van der Waals surface area contributed by atoms with Gasteiger partial charge in [-0.3, -0.25) is 0 Å². The number of methoxy groups -OCH3 is 1. The summed E-state index contributed by atoms with van der Waals surface area (Å²) in [7, 11) is 1.60. The van der Waals surface area contributed by atoms with E-state index >= 15 is 0 Å². The molecule has 2 aromatic heterocycles. The second kappa shape index (κ2) is 4.14. The monoisotopic (exact) mass is 243 g/mol. The van der Waals surface area contributed by atoms with Gasteiger partial charge >= 0.3 is 0 Å². The van der Waals surface area contributed by atoms with Crippen LogP contribution >= 0.6 is 0 Å². The van der Waals surface area contributed by atoms with Crippen LogP contribution in [-0.4, -0.2) is 12.1 Å². The molecule has 0 radical (unpaired) electrons. The molecule has 0 unspecified atom stereocenters. The SMILES string of the molecule is COc1ccc2oc(-c3cccnc3F)cc2c1. The van der Waals surface area contributed by atoms with Gasteiger partial charge in [0.25, 0.3) is 0 Å². The van der Waals surface area contributed by atoms with E-state index in [1.165, 1.54) is 6.20 Å². The second-order valence-electron chi connectivity index (χ2n) is 3.86.